The maximum Gasteiger partial charge on any atom is 0.260 e. The fourth-order valence-electron chi connectivity index (χ4n) is 2.01. The smallest absolute Gasteiger partial charge is 0.260 e. The van der Waals surface area contributed by atoms with E-state index < -0.39 is 6.29 Å². The van der Waals surface area contributed by atoms with Gasteiger partial charge in [-0.2, -0.15) is 0 Å². The second kappa shape index (κ2) is 6.09. The lowest BCUT2D eigenvalue weighted by Crippen LogP contribution is -2.42. The van der Waals surface area contributed by atoms with Crippen LogP contribution in [0.1, 0.15) is 5.56 Å². The van der Waals surface area contributed by atoms with Crippen LogP contribution in [0.3, 0.4) is 0 Å². The number of ether oxygens (including phenoxy) is 1. The molecule has 0 saturated heterocycles. The summed E-state index contributed by atoms with van der Waals surface area (Å²) in [5.74, 6) is 0.436. The lowest BCUT2D eigenvalue weighted by Gasteiger charge is -2.22. The molecule has 0 aliphatic carbocycles. The molecule has 2 aromatic rings. The van der Waals surface area contributed by atoms with Gasteiger partial charge in [0.1, 0.15) is 5.75 Å². The number of fused-ring (bicyclic) bond motifs is 1. The topological polar surface area (TPSA) is 62.7 Å². The summed E-state index contributed by atoms with van der Waals surface area (Å²) in [5.41, 5.74) is 1.95. The Morgan fingerprint density at radius 2 is 1.90 bits per heavy atom. The maximum absolute atomic E-state index is 11.8. The van der Waals surface area contributed by atoms with E-state index in [1.165, 1.54) is 0 Å². The van der Waals surface area contributed by atoms with E-state index in [-0.39, 0.29) is 12.5 Å². The summed E-state index contributed by atoms with van der Waals surface area (Å²) in [4.78, 5) is 16.1. The Labute approximate surface area is 122 Å². The van der Waals surface area contributed by atoms with Crippen molar-refractivity contribution >= 4 is 17.8 Å². The Morgan fingerprint density at radius 1 is 1.14 bits per heavy atom. The van der Waals surface area contributed by atoms with Crippen molar-refractivity contribution in [1.29, 1.82) is 0 Å². The molecule has 2 N–H and O–H groups in total. The second-order valence-corrected chi connectivity index (χ2v) is 4.58. The van der Waals surface area contributed by atoms with Gasteiger partial charge in [0.25, 0.3) is 5.91 Å². The van der Waals surface area contributed by atoms with Crippen molar-refractivity contribution in [2.45, 2.75) is 6.29 Å². The summed E-state index contributed by atoms with van der Waals surface area (Å²) >= 11 is 0. The number of para-hydroxylation sites is 2. The SMILES string of the molecule is O=C(COc1ccccc1)NC1N=Cc2ccccc2N1. The Balaban J connectivity index is 1.52. The molecule has 5 heteroatoms. The highest BCUT2D eigenvalue weighted by atomic mass is 16.5. The first-order valence-electron chi connectivity index (χ1n) is 6.67. The van der Waals surface area contributed by atoms with Gasteiger partial charge in [-0.3, -0.25) is 4.79 Å². The molecule has 1 aliphatic rings. The molecular formula is C16H15N3O2. The van der Waals surface area contributed by atoms with Gasteiger partial charge in [-0.15, -0.1) is 0 Å². The molecule has 1 heterocycles. The van der Waals surface area contributed by atoms with Gasteiger partial charge >= 0.3 is 0 Å². The first-order chi connectivity index (χ1) is 10.3. The number of carbonyl (C=O) groups excluding carboxylic acids is 1. The number of nitrogens with zero attached hydrogens (tertiary/aromatic N) is 1. The largest absolute Gasteiger partial charge is 0.484 e. The Bertz CT molecular complexity index is 656. The third-order valence-corrected chi connectivity index (χ3v) is 3.03. The van der Waals surface area contributed by atoms with Crippen LogP contribution in [-0.2, 0) is 4.79 Å². The molecule has 5 nitrogen and oxygen atoms in total. The summed E-state index contributed by atoms with van der Waals surface area (Å²) in [6.45, 7) is -0.0423. The molecule has 0 aromatic heterocycles. The van der Waals surface area contributed by atoms with Gasteiger partial charge in [0.15, 0.2) is 12.9 Å². The molecule has 3 rings (SSSR count). The molecule has 1 amide bonds. The van der Waals surface area contributed by atoms with Crippen LogP contribution in [0, 0.1) is 0 Å². The van der Waals surface area contributed by atoms with Gasteiger partial charge in [0, 0.05) is 17.5 Å². The van der Waals surface area contributed by atoms with E-state index in [0.717, 1.165) is 11.3 Å². The van der Waals surface area contributed by atoms with E-state index in [4.69, 9.17) is 4.74 Å². The number of anilines is 1. The average Bonchev–Trinajstić information content (AvgIpc) is 2.54. The van der Waals surface area contributed by atoms with Crippen molar-refractivity contribution in [2.75, 3.05) is 11.9 Å². The molecule has 0 saturated carbocycles. The van der Waals surface area contributed by atoms with E-state index in [2.05, 4.69) is 15.6 Å². The molecule has 2 aromatic carbocycles. The minimum Gasteiger partial charge on any atom is -0.484 e. The van der Waals surface area contributed by atoms with Crippen molar-refractivity contribution < 1.29 is 9.53 Å². The Hall–Kier alpha value is -2.82. The average molecular weight is 281 g/mol. The third-order valence-electron chi connectivity index (χ3n) is 3.03. The van der Waals surface area contributed by atoms with E-state index in [1.54, 1.807) is 18.3 Å². The first kappa shape index (κ1) is 13.2. The zero-order valence-electron chi connectivity index (χ0n) is 11.3. The molecular weight excluding hydrogens is 266 g/mol. The molecule has 21 heavy (non-hydrogen) atoms. The van der Waals surface area contributed by atoms with Crippen molar-refractivity contribution in [3.63, 3.8) is 0 Å². The number of hydrogen-bond acceptors (Lipinski definition) is 4. The Kier molecular flexibility index (Phi) is 3.82. The van der Waals surface area contributed by atoms with Gasteiger partial charge in [-0.1, -0.05) is 36.4 Å². The first-order valence-corrected chi connectivity index (χ1v) is 6.67. The van der Waals surface area contributed by atoms with Crippen LogP contribution in [0.15, 0.2) is 59.6 Å². The predicted octanol–water partition coefficient (Wildman–Crippen LogP) is 2.01. The van der Waals surface area contributed by atoms with Crippen LogP contribution in [0.2, 0.25) is 0 Å². The molecule has 0 bridgehead atoms. The predicted molar refractivity (Wildman–Crippen MR) is 81.5 cm³/mol. The zero-order valence-corrected chi connectivity index (χ0v) is 11.3. The minimum absolute atomic E-state index is 0.0423. The van der Waals surface area contributed by atoms with Crippen molar-refractivity contribution in [3.05, 3.63) is 60.2 Å². The third kappa shape index (κ3) is 3.39. The number of nitrogens with one attached hydrogen (secondary N) is 2. The van der Waals surface area contributed by atoms with Crippen LogP contribution < -0.4 is 15.4 Å². The normalized spacial score (nSPS) is 15.7. The number of aliphatic imine (C=N–C) groups is 1. The number of amides is 1. The van der Waals surface area contributed by atoms with E-state index in [1.807, 2.05) is 42.5 Å². The van der Waals surface area contributed by atoms with Crippen LogP contribution in [-0.4, -0.2) is 25.0 Å². The number of hydrogen-bond donors (Lipinski definition) is 2. The highest BCUT2D eigenvalue weighted by molar-refractivity contribution is 5.90. The summed E-state index contributed by atoms with van der Waals surface area (Å²) in [6.07, 6.45) is 1.28. The molecule has 0 spiro atoms. The monoisotopic (exact) mass is 281 g/mol. The molecule has 0 radical (unpaired) electrons. The number of rotatable bonds is 4. The van der Waals surface area contributed by atoms with Crippen LogP contribution >= 0.6 is 0 Å². The van der Waals surface area contributed by atoms with Crippen LogP contribution in [0.4, 0.5) is 5.69 Å². The molecule has 106 valence electrons. The van der Waals surface area contributed by atoms with E-state index in [0.29, 0.717) is 5.75 Å². The molecule has 0 fully saturated rings. The van der Waals surface area contributed by atoms with Gasteiger partial charge < -0.3 is 15.4 Å². The highest BCUT2D eigenvalue weighted by Crippen LogP contribution is 2.17. The van der Waals surface area contributed by atoms with Gasteiger partial charge in [0.2, 0.25) is 0 Å². The van der Waals surface area contributed by atoms with Crippen molar-refractivity contribution in [1.82, 2.24) is 5.32 Å². The fourth-order valence-corrected chi connectivity index (χ4v) is 2.01. The van der Waals surface area contributed by atoms with Gasteiger partial charge in [0.05, 0.1) is 0 Å². The minimum atomic E-state index is -0.466. The lowest BCUT2D eigenvalue weighted by atomic mass is 10.2. The molecule has 1 atom stereocenters. The number of carbonyl (C=O) groups is 1. The molecule has 1 unspecified atom stereocenters. The fraction of sp³-hybridized carbons (Fsp3) is 0.125. The van der Waals surface area contributed by atoms with E-state index in [9.17, 15) is 4.79 Å². The summed E-state index contributed by atoms with van der Waals surface area (Å²) < 4.78 is 5.39. The summed E-state index contributed by atoms with van der Waals surface area (Å²) in [7, 11) is 0. The van der Waals surface area contributed by atoms with E-state index >= 15 is 0 Å². The van der Waals surface area contributed by atoms with Crippen LogP contribution in [0.25, 0.3) is 0 Å². The zero-order chi connectivity index (χ0) is 14.5. The highest BCUT2D eigenvalue weighted by Gasteiger charge is 2.15. The number of benzene rings is 2. The van der Waals surface area contributed by atoms with Gasteiger partial charge in [-0.25, -0.2) is 4.99 Å². The van der Waals surface area contributed by atoms with Crippen molar-refractivity contribution in [2.24, 2.45) is 4.99 Å². The summed E-state index contributed by atoms with van der Waals surface area (Å²) in [5, 5.41) is 5.90. The Morgan fingerprint density at radius 3 is 2.76 bits per heavy atom. The lowest BCUT2D eigenvalue weighted by molar-refractivity contribution is -0.123. The second-order valence-electron chi connectivity index (χ2n) is 4.58. The van der Waals surface area contributed by atoms with Gasteiger partial charge in [-0.05, 0) is 18.2 Å². The summed E-state index contributed by atoms with van der Waals surface area (Å²) in [6, 6.07) is 17.0. The van der Waals surface area contributed by atoms with Crippen LogP contribution in [0.5, 0.6) is 5.75 Å². The molecule has 1 aliphatic heterocycles. The maximum atomic E-state index is 11.8. The standard InChI is InChI=1S/C16H15N3O2/c20-15(11-21-13-7-2-1-3-8-13)19-16-17-10-12-6-4-5-9-14(12)18-16/h1-10,16,18H,11H2,(H,19,20). The quantitative estimate of drug-likeness (QED) is 0.901. The van der Waals surface area contributed by atoms with Crippen molar-refractivity contribution in [3.8, 4) is 5.75 Å².